The molecular weight excluding hydrogens is 204 g/mol. The van der Waals surface area contributed by atoms with Gasteiger partial charge in [-0.2, -0.15) is 0 Å². The van der Waals surface area contributed by atoms with Crippen LogP contribution >= 0.6 is 0 Å². The van der Waals surface area contributed by atoms with Crippen molar-refractivity contribution < 1.29 is 4.74 Å². The molecule has 4 nitrogen and oxygen atoms in total. The summed E-state index contributed by atoms with van der Waals surface area (Å²) in [7, 11) is 0. The highest BCUT2D eigenvalue weighted by Crippen LogP contribution is 2.35. The summed E-state index contributed by atoms with van der Waals surface area (Å²) in [6.07, 6.45) is 2.33. The molecule has 0 spiro atoms. The molecule has 80 valence electrons. The molecule has 0 fully saturated rings. The molecular formula is C12H10N2O2. The molecule has 16 heavy (non-hydrogen) atoms. The molecule has 1 aromatic heterocycles. The Hall–Kier alpha value is -2.10. The first kappa shape index (κ1) is 9.15. The first-order chi connectivity index (χ1) is 7.84. The molecule has 4 heteroatoms. The van der Waals surface area contributed by atoms with Crippen LogP contribution in [0.4, 0.5) is 0 Å². The maximum atomic E-state index is 11.2. The van der Waals surface area contributed by atoms with Crippen molar-refractivity contribution in [1.82, 2.24) is 9.97 Å². The second kappa shape index (κ2) is 3.48. The van der Waals surface area contributed by atoms with Gasteiger partial charge in [-0.1, -0.05) is 12.1 Å². The monoisotopic (exact) mass is 214 g/mol. The molecule has 3 rings (SSSR count). The molecule has 0 atom stereocenters. The number of rotatable bonds is 1. The molecule has 2 heterocycles. The molecule has 1 N–H and O–H groups in total. The molecule has 2 aromatic rings. The van der Waals surface area contributed by atoms with Gasteiger partial charge in [-0.3, -0.25) is 4.79 Å². The third-order valence-electron chi connectivity index (χ3n) is 2.67. The predicted molar refractivity (Wildman–Crippen MR) is 59.5 cm³/mol. The third-order valence-corrected chi connectivity index (χ3v) is 2.67. The summed E-state index contributed by atoms with van der Waals surface area (Å²) in [5.41, 5.74) is 2.57. The van der Waals surface area contributed by atoms with Crippen molar-refractivity contribution in [1.29, 1.82) is 0 Å². The van der Waals surface area contributed by atoms with Gasteiger partial charge in [0.1, 0.15) is 5.75 Å². The summed E-state index contributed by atoms with van der Waals surface area (Å²) in [6, 6.07) is 7.41. The molecule has 1 aliphatic rings. The number of hydrogen-bond acceptors (Lipinski definition) is 3. The summed E-state index contributed by atoms with van der Waals surface area (Å²) in [5, 5.41) is 0. The largest absolute Gasteiger partial charge is 0.492 e. The van der Waals surface area contributed by atoms with Gasteiger partial charge in [-0.25, -0.2) is 4.98 Å². The van der Waals surface area contributed by atoms with Crippen molar-refractivity contribution in [3.8, 4) is 17.0 Å². The van der Waals surface area contributed by atoms with E-state index in [-0.39, 0.29) is 5.56 Å². The Morgan fingerprint density at radius 1 is 1.38 bits per heavy atom. The maximum absolute atomic E-state index is 11.2. The second-order valence-corrected chi connectivity index (χ2v) is 3.69. The van der Waals surface area contributed by atoms with E-state index in [1.807, 2.05) is 18.2 Å². The molecule has 0 saturated carbocycles. The number of ether oxygens (including phenoxy) is 1. The fourth-order valence-electron chi connectivity index (χ4n) is 1.93. The Morgan fingerprint density at radius 3 is 3.19 bits per heavy atom. The quantitative estimate of drug-likeness (QED) is 0.780. The lowest BCUT2D eigenvalue weighted by molar-refractivity contribution is 0.358. The van der Waals surface area contributed by atoms with E-state index in [1.165, 1.54) is 18.0 Å². The van der Waals surface area contributed by atoms with E-state index in [0.29, 0.717) is 12.3 Å². The van der Waals surface area contributed by atoms with Crippen LogP contribution in [0.1, 0.15) is 5.56 Å². The van der Waals surface area contributed by atoms with E-state index in [4.69, 9.17) is 4.74 Å². The molecule has 0 radical (unpaired) electrons. The maximum Gasteiger partial charge on any atom is 0.251 e. The van der Waals surface area contributed by atoms with Crippen molar-refractivity contribution in [3.63, 3.8) is 0 Å². The molecule has 1 aromatic carbocycles. The second-order valence-electron chi connectivity index (χ2n) is 3.69. The number of hydrogen-bond donors (Lipinski definition) is 1. The summed E-state index contributed by atoms with van der Waals surface area (Å²) in [6.45, 7) is 0.704. The van der Waals surface area contributed by atoms with E-state index >= 15 is 0 Å². The van der Waals surface area contributed by atoms with Crippen LogP contribution in [0.2, 0.25) is 0 Å². The van der Waals surface area contributed by atoms with Crippen LogP contribution in [0, 0.1) is 0 Å². The highest BCUT2D eigenvalue weighted by Gasteiger charge is 2.17. The fraction of sp³-hybridized carbons (Fsp3) is 0.167. The van der Waals surface area contributed by atoms with Crippen LogP contribution in [0.3, 0.4) is 0 Å². The van der Waals surface area contributed by atoms with Gasteiger partial charge >= 0.3 is 0 Å². The Balaban J connectivity index is 2.21. The van der Waals surface area contributed by atoms with E-state index < -0.39 is 0 Å². The minimum Gasteiger partial charge on any atom is -0.492 e. The van der Waals surface area contributed by atoms with Crippen LogP contribution in [0.5, 0.6) is 5.75 Å². The zero-order chi connectivity index (χ0) is 11.0. The smallest absolute Gasteiger partial charge is 0.251 e. The van der Waals surface area contributed by atoms with Crippen LogP contribution < -0.4 is 10.3 Å². The lowest BCUT2D eigenvalue weighted by Gasteiger charge is -2.06. The average molecular weight is 214 g/mol. The van der Waals surface area contributed by atoms with Gasteiger partial charge < -0.3 is 9.72 Å². The molecule has 0 aliphatic carbocycles. The van der Waals surface area contributed by atoms with Gasteiger partial charge in [0.25, 0.3) is 5.56 Å². The Labute approximate surface area is 91.9 Å². The van der Waals surface area contributed by atoms with Crippen LogP contribution in [0.25, 0.3) is 11.3 Å². The SMILES string of the molecule is O=c1cc(-c2cccc3c2OCC3)nc[nH]1. The number of fused-ring (bicyclic) bond motifs is 1. The highest BCUT2D eigenvalue weighted by atomic mass is 16.5. The van der Waals surface area contributed by atoms with Crippen molar-refractivity contribution in [2.75, 3.05) is 6.61 Å². The zero-order valence-corrected chi connectivity index (χ0v) is 8.56. The molecule has 1 aliphatic heterocycles. The van der Waals surface area contributed by atoms with Crippen molar-refractivity contribution in [2.45, 2.75) is 6.42 Å². The third kappa shape index (κ3) is 1.39. The highest BCUT2D eigenvalue weighted by molar-refractivity contribution is 5.69. The number of aromatic nitrogens is 2. The van der Waals surface area contributed by atoms with Crippen molar-refractivity contribution in [2.24, 2.45) is 0 Å². The Kier molecular flexibility index (Phi) is 1.99. The summed E-state index contributed by atoms with van der Waals surface area (Å²) < 4.78 is 5.57. The minimum absolute atomic E-state index is 0.152. The Morgan fingerprint density at radius 2 is 2.31 bits per heavy atom. The summed E-state index contributed by atoms with van der Waals surface area (Å²) in [5.74, 6) is 0.862. The Bertz CT molecular complexity index is 590. The van der Waals surface area contributed by atoms with Gasteiger partial charge in [0.15, 0.2) is 0 Å². The standard InChI is InChI=1S/C12H10N2O2/c15-11-6-10(13-7-14-11)9-3-1-2-8-4-5-16-12(8)9/h1-3,6-7H,4-5H2,(H,13,14,15). The van der Waals surface area contributed by atoms with Crippen molar-refractivity contribution >= 4 is 0 Å². The van der Waals surface area contributed by atoms with Gasteiger partial charge in [0, 0.05) is 18.1 Å². The van der Waals surface area contributed by atoms with Gasteiger partial charge in [0.2, 0.25) is 0 Å². The summed E-state index contributed by atoms with van der Waals surface area (Å²) >= 11 is 0. The van der Waals surface area contributed by atoms with Gasteiger partial charge in [0.05, 0.1) is 18.6 Å². The van der Waals surface area contributed by atoms with E-state index in [9.17, 15) is 4.79 Å². The summed E-state index contributed by atoms with van der Waals surface area (Å²) in [4.78, 5) is 17.9. The van der Waals surface area contributed by atoms with Crippen LogP contribution in [-0.2, 0) is 6.42 Å². The van der Waals surface area contributed by atoms with E-state index in [0.717, 1.165) is 17.7 Å². The number of nitrogens with one attached hydrogen (secondary N) is 1. The zero-order valence-electron chi connectivity index (χ0n) is 8.56. The lowest BCUT2D eigenvalue weighted by Crippen LogP contribution is -2.04. The van der Waals surface area contributed by atoms with Crippen molar-refractivity contribution in [3.05, 3.63) is 46.5 Å². The molecule has 0 amide bonds. The van der Waals surface area contributed by atoms with Crippen LogP contribution in [-0.4, -0.2) is 16.6 Å². The molecule has 0 unspecified atom stereocenters. The first-order valence-corrected chi connectivity index (χ1v) is 5.14. The number of benzene rings is 1. The topological polar surface area (TPSA) is 55.0 Å². The molecule has 0 bridgehead atoms. The number of para-hydroxylation sites is 1. The molecule has 0 saturated heterocycles. The number of nitrogens with zero attached hydrogens (tertiary/aromatic N) is 1. The number of H-pyrrole nitrogens is 1. The van der Waals surface area contributed by atoms with Crippen LogP contribution in [0.15, 0.2) is 35.4 Å². The first-order valence-electron chi connectivity index (χ1n) is 5.14. The fourth-order valence-corrected chi connectivity index (χ4v) is 1.93. The predicted octanol–water partition coefficient (Wildman–Crippen LogP) is 1.37. The van der Waals surface area contributed by atoms with Gasteiger partial charge in [-0.05, 0) is 11.6 Å². The normalized spacial score (nSPS) is 13.2. The van der Waals surface area contributed by atoms with E-state index in [1.54, 1.807) is 0 Å². The van der Waals surface area contributed by atoms with Gasteiger partial charge in [-0.15, -0.1) is 0 Å². The average Bonchev–Trinajstić information content (AvgIpc) is 2.76. The number of aromatic amines is 1. The lowest BCUT2D eigenvalue weighted by atomic mass is 10.1. The minimum atomic E-state index is -0.152. The van der Waals surface area contributed by atoms with E-state index in [2.05, 4.69) is 9.97 Å².